The third kappa shape index (κ3) is 12.1. The van der Waals surface area contributed by atoms with Gasteiger partial charge in [0, 0.05) is 26.7 Å². The van der Waals surface area contributed by atoms with Crippen LogP contribution in [0.3, 0.4) is 0 Å². The Morgan fingerprint density at radius 2 is 1.61 bits per heavy atom. The molecule has 9 nitrogen and oxygen atoms in total. The molecule has 1 rings (SSSR count). The molecular formula is C20H36IN5O4S. The Hall–Kier alpha value is -1.60. The van der Waals surface area contributed by atoms with Gasteiger partial charge < -0.3 is 20.7 Å². The Bertz CT molecular complexity index is 834. The maximum atomic E-state index is 12.3. The van der Waals surface area contributed by atoms with Gasteiger partial charge in [0.2, 0.25) is 10.0 Å². The number of carbonyl (C=O) groups is 1. The molecule has 0 bridgehead atoms. The van der Waals surface area contributed by atoms with Crippen molar-refractivity contribution in [3.8, 4) is 0 Å². The molecule has 0 unspecified atom stereocenters. The zero-order valence-corrected chi connectivity index (χ0v) is 22.5. The van der Waals surface area contributed by atoms with Crippen LogP contribution in [0.2, 0.25) is 0 Å². The first-order valence-corrected chi connectivity index (χ1v) is 11.2. The molecule has 1 aromatic carbocycles. The smallest absolute Gasteiger partial charge is 0.408 e. The number of nitrogens with one attached hydrogen (secondary N) is 4. The Morgan fingerprint density at radius 3 is 2.13 bits per heavy atom. The van der Waals surface area contributed by atoms with E-state index in [1.54, 1.807) is 52.1 Å². The lowest BCUT2D eigenvalue weighted by molar-refractivity contribution is 0.0474. The molecule has 4 N–H and O–H groups in total. The normalized spacial score (nSPS) is 12.5. The summed E-state index contributed by atoms with van der Waals surface area (Å²) in [5.74, 6) is 0.489. The van der Waals surface area contributed by atoms with Crippen LogP contribution >= 0.6 is 24.0 Å². The number of hydrogen-bond acceptors (Lipinski definition) is 5. The number of sulfonamides is 1. The number of halogens is 1. The number of amides is 1. The molecule has 0 aliphatic carbocycles. The van der Waals surface area contributed by atoms with Crippen molar-refractivity contribution in [1.82, 2.24) is 20.7 Å². The minimum absolute atomic E-state index is 0. The van der Waals surface area contributed by atoms with Gasteiger partial charge in [0.1, 0.15) is 5.60 Å². The van der Waals surface area contributed by atoms with Crippen LogP contribution in [0.4, 0.5) is 4.79 Å². The lowest BCUT2D eigenvalue weighted by Crippen LogP contribution is -2.54. The summed E-state index contributed by atoms with van der Waals surface area (Å²) in [6.45, 7) is 11.9. The number of ether oxygens (including phenoxy) is 1. The van der Waals surface area contributed by atoms with Crippen molar-refractivity contribution < 1.29 is 17.9 Å². The van der Waals surface area contributed by atoms with Crippen LogP contribution < -0.4 is 20.7 Å². The van der Waals surface area contributed by atoms with Crippen LogP contribution in [-0.4, -0.2) is 58.3 Å². The summed E-state index contributed by atoms with van der Waals surface area (Å²) in [5.41, 5.74) is -0.168. The fraction of sp³-hybridized carbons (Fsp3) is 0.600. The first kappa shape index (κ1) is 29.4. The molecule has 0 aliphatic heterocycles. The van der Waals surface area contributed by atoms with Gasteiger partial charge in [0.05, 0.1) is 10.4 Å². The average molecular weight is 570 g/mol. The van der Waals surface area contributed by atoms with Crippen LogP contribution in [0.5, 0.6) is 0 Å². The van der Waals surface area contributed by atoms with Gasteiger partial charge in [-0.25, -0.2) is 17.9 Å². The molecule has 0 saturated carbocycles. The van der Waals surface area contributed by atoms with Crippen molar-refractivity contribution >= 4 is 46.1 Å². The van der Waals surface area contributed by atoms with Crippen molar-refractivity contribution in [1.29, 1.82) is 0 Å². The second-order valence-electron chi connectivity index (χ2n) is 8.57. The summed E-state index contributed by atoms with van der Waals surface area (Å²) >= 11 is 0. The highest BCUT2D eigenvalue weighted by molar-refractivity contribution is 14.0. The molecule has 0 fully saturated rings. The number of alkyl carbamates (subject to hydrolysis) is 1. The highest BCUT2D eigenvalue weighted by atomic mass is 127. The number of benzene rings is 1. The average Bonchev–Trinajstić information content (AvgIpc) is 2.59. The molecule has 0 saturated heterocycles. The molecule has 1 amide bonds. The van der Waals surface area contributed by atoms with Crippen LogP contribution in [0.1, 0.15) is 40.2 Å². The van der Waals surface area contributed by atoms with Crippen molar-refractivity contribution in [3.63, 3.8) is 0 Å². The van der Waals surface area contributed by atoms with Crippen molar-refractivity contribution in [2.24, 2.45) is 4.99 Å². The Balaban J connectivity index is 0.00000900. The maximum Gasteiger partial charge on any atom is 0.408 e. The van der Waals surface area contributed by atoms with E-state index >= 15 is 0 Å². The van der Waals surface area contributed by atoms with Gasteiger partial charge >= 0.3 is 6.09 Å². The van der Waals surface area contributed by atoms with Gasteiger partial charge in [-0.1, -0.05) is 17.7 Å². The maximum absolute atomic E-state index is 12.3. The zero-order valence-electron chi connectivity index (χ0n) is 19.3. The van der Waals surface area contributed by atoms with Gasteiger partial charge in [0.15, 0.2) is 5.96 Å². The zero-order chi connectivity index (χ0) is 23.0. The van der Waals surface area contributed by atoms with E-state index in [-0.39, 0.29) is 35.4 Å². The molecule has 0 radical (unpaired) electrons. The number of nitrogens with zero attached hydrogens (tertiary/aromatic N) is 1. The van der Waals surface area contributed by atoms with E-state index in [0.717, 1.165) is 5.56 Å². The molecule has 0 aliphatic rings. The van der Waals surface area contributed by atoms with Gasteiger partial charge in [-0.3, -0.25) is 4.99 Å². The van der Waals surface area contributed by atoms with Gasteiger partial charge in [-0.15, -0.1) is 24.0 Å². The fourth-order valence-corrected chi connectivity index (χ4v) is 3.35. The molecule has 178 valence electrons. The van der Waals surface area contributed by atoms with Gasteiger partial charge in [-0.2, -0.15) is 0 Å². The SMILES string of the molecule is CN=C(NCCNS(=O)(=O)c1ccc(C)cc1)NCC(C)(C)NC(=O)OC(C)(C)C.I. The molecule has 0 aromatic heterocycles. The van der Waals surface area contributed by atoms with E-state index in [2.05, 4.69) is 25.7 Å². The molecule has 31 heavy (non-hydrogen) atoms. The predicted octanol–water partition coefficient (Wildman–Crippen LogP) is 2.36. The Labute approximate surface area is 203 Å². The number of rotatable bonds is 8. The quantitative estimate of drug-likeness (QED) is 0.165. The van der Waals surface area contributed by atoms with Crippen molar-refractivity contribution in [2.75, 3.05) is 26.7 Å². The molecule has 0 spiro atoms. The molecule has 11 heteroatoms. The molecule has 1 aromatic rings. The van der Waals surface area contributed by atoms with Gasteiger partial charge in [0.25, 0.3) is 0 Å². The number of guanidine groups is 1. The van der Waals surface area contributed by atoms with E-state index < -0.39 is 27.3 Å². The Kier molecular flexibility index (Phi) is 11.8. The minimum atomic E-state index is -3.56. The molecule has 0 atom stereocenters. The first-order chi connectivity index (χ1) is 13.7. The summed E-state index contributed by atoms with van der Waals surface area (Å²) < 4.78 is 32.4. The molecule has 0 heterocycles. The van der Waals surface area contributed by atoms with E-state index in [4.69, 9.17) is 4.74 Å². The Morgan fingerprint density at radius 1 is 1.03 bits per heavy atom. The summed E-state index contributed by atoms with van der Waals surface area (Å²) in [6.07, 6.45) is -0.497. The van der Waals surface area contributed by atoms with Crippen molar-refractivity contribution in [3.05, 3.63) is 29.8 Å². The second-order valence-corrected chi connectivity index (χ2v) is 10.3. The largest absolute Gasteiger partial charge is 0.444 e. The van der Waals surface area contributed by atoms with Crippen LogP contribution in [0.25, 0.3) is 0 Å². The lowest BCUT2D eigenvalue weighted by atomic mass is 10.1. The van der Waals surface area contributed by atoms with Crippen LogP contribution in [-0.2, 0) is 14.8 Å². The second kappa shape index (κ2) is 12.4. The van der Waals surface area contributed by atoms with E-state index in [1.807, 2.05) is 20.8 Å². The summed E-state index contributed by atoms with van der Waals surface area (Å²) in [7, 11) is -1.95. The third-order valence-electron chi connectivity index (χ3n) is 3.80. The monoisotopic (exact) mass is 569 g/mol. The highest BCUT2D eigenvalue weighted by Crippen LogP contribution is 2.10. The summed E-state index contributed by atoms with van der Waals surface area (Å²) in [6, 6.07) is 6.66. The lowest BCUT2D eigenvalue weighted by Gasteiger charge is -2.29. The number of hydrogen-bond donors (Lipinski definition) is 4. The topological polar surface area (TPSA) is 121 Å². The summed E-state index contributed by atoms with van der Waals surface area (Å²) in [4.78, 5) is 16.3. The van der Waals surface area contributed by atoms with Crippen LogP contribution in [0, 0.1) is 6.92 Å². The predicted molar refractivity (Wildman–Crippen MR) is 135 cm³/mol. The highest BCUT2D eigenvalue weighted by Gasteiger charge is 2.24. The van der Waals surface area contributed by atoms with Gasteiger partial charge in [-0.05, 0) is 53.7 Å². The fourth-order valence-electron chi connectivity index (χ4n) is 2.32. The molecular weight excluding hydrogens is 533 g/mol. The van der Waals surface area contributed by atoms with E-state index in [9.17, 15) is 13.2 Å². The summed E-state index contributed by atoms with van der Waals surface area (Å²) in [5, 5.41) is 8.94. The number of aliphatic imine (C=N–C) groups is 1. The first-order valence-electron chi connectivity index (χ1n) is 9.76. The minimum Gasteiger partial charge on any atom is -0.444 e. The third-order valence-corrected chi connectivity index (χ3v) is 5.28. The number of aryl methyl sites for hydroxylation is 1. The van der Waals surface area contributed by atoms with Crippen molar-refractivity contribution in [2.45, 2.75) is 57.6 Å². The standard InChI is InChI=1S/C20H35N5O4S.HI/c1-15-8-10-16(11-9-15)30(27,28)24-13-12-22-17(21-7)23-14-20(5,6)25-18(26)29-19(2,3)4;/h8-11,24H,12-14H2,1-7H3,(H,25,26)(H2,21,22,23);1H. The number of carbonyl (C=O) groups excluding carboxylic acids is 1. The van der Waals surface area contributed by atoms with E-state index in [0.29, 0.717) is 19.0 Å². The van der Waals surface area contributed by atoms with Crippen LogP contribution in [0.15, 0.2) is 34.2 Å². The van der Waals surface area contributed by atoms with E-state index in [1.165, 1.54) is 0 Å².